The number of aryl methyl sites for hydroxylation is 1. The summed E-state index contributed by atoms with van der Waals surface area (Å²) >= 11 is 0. The Morgan fingerprint density at radius 3 is 2.87 bits per heavy atom. The molecule has 31 heavy (non-hydrogen) atoms. The summed E-state index contributed by atoms with van der Waals surface area (Å²) in [6.45, 7) is 5.30. The highest BCUT2D eigenvalue weighted by Crippen LogP contribution is 2.35. The van der Waals surface area contributed by atoms with Gasteiger partial charge in [-0.1, -0.05) is 0 Å². The summed E-state index contributed by atoms with van der Waals surface area (Å²) in [5.41, 5.74) is 1.15. The maximum Gasteiger partial charge on any atom is 0.257 e. The van der Waals surface area contributed by atoms with Crippen LogP contribution < -0.4 is 5.32 Å². The van der Waals surface area contributed by atoms with Crippen molar-refractivity contribution in [3.05, 3.63) is 52.9 Å². The van der Waals surface area contributed by atoms with Crippen molar-refractivity contribution in [2.24, 2.45) is 5.92 Å². The Morgan fingerprint density at radius 1 is 1.29 bits per heavy atom. The molecule has 2 atom stereocenters. The van der Waals surface area contributed by atoms with Crippen molar-refractivity contribution in [3.8, 4) is 0 Å². The second-order valence-electron chi connectivity index (χ2n) is 8.99. The molecule has 3 heterocycles. The molecule has 166 valence electrons. The fourth-order valence-electron chi connectivity index (χ4n) is 4.93. The van der Waals surface area contributed by atoms with Gasteiger partial charge in [-0.25, -0.2) is 8.78 Å². The fourth-order valence-corrected chi connectivity index (χ4v) is 4.93. The van der Waals surface area contributed by atoms with Crippen molar-refractivity contribution in [3.63, 3.8) is 0 Å². The smallest absolute Gasteiger partial charge is 0.257 e. The molecule has 1 aromatic carbocycles. The van der Waals surface area contributed by atoms with E-state index in [9.17, 15) is 18.4 Å². The van der Waals surface area contributed by atoms with E-state index < -0.39 is 17.2 Å². The van der Waals surface area contributed by atoms with Crippen molar-refractivity contribution in [2.75, 3.05) is 13.1 Å². The second-order valence-corrected chi connectivity index (χ2v) is 8.99. The van der Waals surface area contributed by atoms with Crippen molar-refractivity contribution in [1.82, 2.24) is 20.0 Å². The van der Waals surface area contributed by atoms with E-state index in [0.29, 0.717) is 31.6 Å². The van der Waals surface area contributed by atoms with E-state index in [1.54, 1.807) is 11.1 Å². The number of amides is 2. The summed E-state index contributed by atoms with van der Waals surface area (Å²) in [6.07, 6.45) is 4.99. The van der Waals surface area contributed by atoms with Gasteiger partial charge in [0.1, 0.15) is 11.6 Å². The molecular weight excluding hydrogens is 402 g/mol. The number of halogens is 2. The molecule has 8 heteroatoms. The van der Waals surface area contributed by atoms with Gasteiger partial charge in [-0.3, -0.25) is 14.3 Å². The Morgan fingerprint density at radius 2 is 2.10 bits per heavy atom. The Labute approximate surface area is 180 Å². The average Bonchev–Trinajstić information content (AvgIpc) is 3.32. The van der Waals surface area contributed by atoms with Crippen molar-refractivity contribution in [1.29, 1.82) is 0 Å². The molecular formula is C23H28F2N4O2. The van der Waals surface area contributed by atoms with Gasteiger partial charge in [0.2, 0.25) is 5.91 Å². The molecule has 0 aliphatic carbocycles. The van der Waals surface area contributed by atoms with Crippen LogP contribution in [-0.4, -0.2) is 45.1 Å². The van der Waals surface area contributed by atoms with E-state index in [2.05, 4.69) is 10.4 Å². The van der Waals surface area contributed by atoms with Crippen LogP contribution in [-0.2, 0) is 24.2 Å². The van der Waals surface area contributed by atoms with Crippen LogP contribution in [0.1, 0.15) is 54.7 Å². The second kappa shape index (κ2) is 8.40. The summed E-state index contributed by atoms with van der Waals surface area (Å²) in [7, 11) is 0. The molecule has 2 aliphatic rings. The lowest BCUT2D eigenvalue weighted by Crippen LogP contribution is -2.47. The predicted octanol–water partition coefficient (Wildman–Crippen LogP) is 3.10. The number of nitrogens with one attached hydrogen (secondary N) is 1. The van der Waals surface area contributed by atoms with Gasteiger partial charge in [0.05, 0.1) is 17.5 Å². The molecule has 6 nitrogen and oxygen atoms in total. The van der Waals surface area contributed by atoms with Crippen LogP contribution in [0.3, 0.4) is 0 Å². The van der Waals surface area contributed by atoms with Gasteiger partial charge in [0, 0.05) is 32.1 Å². The number of hydrogen-bond donors (Lipinski definition) is 1. The third kappa shape index (κ3) is 4.34. The number of aromatic nitrogens is 2. The highest BCUT2D eigenvalue weighted by molar-refractivity contribution is 5.96. The van der Waals surface area contributed by atoms with Crippen molar-refractivity contribution < 1.29 is 18.4 Å². The van der Waals surface area contributed by atoms with Gasteiger partial charge < -0.3 is 10.2 Å². The molecule has 0 saturated carbocycles. The third-order valence-electron chi connectivity index (χ3n) is 6.62. The number of nitrogens with zero attached hydrogens (tertiary/aromatic N) is 3. The van der Waals surface area contributed by atoms with Gasteiger partial charge >= 0.3 is 0 Å². The van der Waals surface area contributed by atoms with Crippen LogP contribution in [0.15, 0.2) is 24.4 Å². The highest BCUT2D eigenvalue weighted by Gasteiger charge is 2.42. The fraction of sp³-hybridized carbons (Fsp3) is 0.522. The topological polar surface area (TPSA) is 67.2 Å². The Hall–Kier alpha value is -2.77. The maximum atomic E-state index is 14.3. The van der Waals surface area contributed by atoms with E-state index in [-0.39, 0.29) is 29.7 Å². The molecule has 1 fully saturated rings. The number of carbonyl (C=O) groups excluding carboxylic acids is 2. The van der Waals surface area contributed by atoms with Gasteiger partial charge in [-0.2, -0.15) is 5.10 Å². The minimum absolute atomic E-state index is 0.0622. The average molecular weight is 430 g/mol. The van der Waals surface area contributed by atoms with E-state index >= 15 is 0 Å². The summed E-state index contributed by atoms with van der Waals surface area (Å²) < 4.78 is 29.8. The van der Waals surface area contributed by atoms with Gasteiger partial charge in [-0.15, -0.1) is 0 Å². The number of fused-ring (bicyclic) bond motifs is 1. The van der Waals surface area contributed by atoms with Crippen LogP contribution in [0.5, 0.6) is 0 Å². The zero-order chi connectivity index (χ0) is 22.2. The Bertz CT molecular complexity index is 1010. The summed E-state index contributed by atoms with van der Waals surface area (Å²) in [4.78, 5) is 26.6. The molecule has 1 N–H and O–H groups in total. The number of hydrogen-bond acceptors (Lipinski definition) is 3. The number of benzene rings is 1. The largest absolute Gasteiger partial charge is 0.356 e. The van der Waals surface area contributed by atoms with Crippen molar-refractivity contribution in [2.45, 2.75) is 58.0 Å². The third-order valence-corrected chi connectivity index (χ3v) is 6.62. The van der Waals surface area contributed by atoms with E-state index in [0.717, 1.165) is 37.1 Å². The minimum Gasteiger partial charge on any atom is -0.356 e. The lowest BCUT2D eigenvalue weighted by molar-refractivity contribution is -0.119. The van der Waals surface area contributed by atoms with Crippen LogP contribution in [0, 0.1) is 17.6 Å². The number of rotatable bonds is 5. The van der Waals surface area contributed by atoms with Crippen LogP contribution >= 0.6 is 0 Å². The molecule has 4 rings (SSSR count). The SMILES string of the molecule is CC(=O)NCC1CCn2ncc(C(=O)N3CCCC3(C)Cc3cc(F)ccc3F)c2C1. The van der Waals surface area contributed by atoms with Gasteiger partial charge in [0.15, 0.2) is 0 Å². The van der Waals surface area contributed by atoms with Crippen LogP contribution in [0.2, 0.25) is 0 Å². The molecule has 1 saturated heterocycles. The number of likely N-dealkylation sites (tertiary alicyclic amines) is 1. The molecule has 0 bridgehead atoms. The quantitative estimate of drug-likeness (QED) is 0.793. The minimum atomic E-state index is -0.592. The molecule has 0 radical (unpaired) electrons. The molecule has 2 amide bonds. The zero-order valence-electron chi connectivity index (χ0n) is 18.0. The summed E-state index contributed by atoms with van der Waals surface area (Å²) in [5, 5.41) is 7.27. The molecule has 0 spiro atoms. The van der Waals surface area contributed by atoms with E-state index in [4.69, 9.17) is 0 Å². The molecule has 2 aromatic rings. The first kappa shape index (κ1) is 21.5. The van der Waals surface area contributed by atoms with E-state index in [1.165, 1.54) is 13.0 Å². The van der Waals surface area contributed by atoms with Gasteiger partial charge in [-0.05, 0) is 68.7 Å². The Balaban J connectivity index is 1.55. The predicted molar refractivity (Wildman–Crippen MR) is 111 cm³/mol. The maximum absolute atomic E-state index is 14.3. The number of carbonyl (C=O) groups is 2. The van der Waals surface area contributed by atoms with E-state index in [1.807, 2.05) is 11.6 Å². The molecule has 1 aromatic heterocycles. The first-order valence-corrected chi connectivity index (χ1v) is 10.8. The lowest BCUT2D eigenvalue weighted by Gasteiger charge is -2.36. The highest BCUT2D eigenvalue weighted by atomic mass is 19.1. The first-order chi connectivity index (χ1) is 14.8. The summed E-state index contributed by atoms with van der Waals surface area (Å²) in [5.74, 6) is -0.852. The summed E-state index contributed by atoms with van der Waals surface area (Å²) in [6, 6.07) is 3.46. The monoisotopic (exact) mass is 430 g/mol. The normalized spacial score (nSPS) is 23.0. The van der Waals surface area contributed by atoms with Crippen molar-refractivity contribution >= 4 is 11.8 Å². The zero-order valence-corrected chi connectivity index (χ0v) is 18.0. The lowest BCUT2D eigenvalue weighted by atomic mass is 9.89. The Kier molecular flexibility index (Phi) is 5.81. The van der Waals surface area contributed by atoms with Crippen LogP contribution in [0.4, 0.5) is 8.78 Å². The van der Waals surface area contributed by atoms with Gasteiger partial charge in [0.25, 0.3) is 5.91 Å². The first-order valence-electron chi connectivity index (χ1n) is 10.8. The standard InChI is InChI=1S/C23H28F2N4O2/c1-15(30)26-13-16-6-9-29-21(10-16)19(14-27-29)22(31)28-8-3-7-23(28,2)12-17-11-18(24)4-5-20(17)25/h4-5,11,14,16H,3,6-10,12-13H2,1-2H3,(H,26,30). The van der Waals surface area contributed by atoms with Crippen LogP contribution in [0.25, 0.3) is 0 Å². The molecule has 2 unspecified atom stereocenters. The molecule has 2 aliphatic heterocycles.